The Bertz CT molecular complexity index is 432. The predicted octanol–water partition coefficient (Wildman–Crippen LogP) is 2.18. The van der Waals surface area contributed by atoms with Gasteiger partial charge in [0.1, 0.15) is 5.75 Å². The monoisotopic (exact) mass is 269 g/mol. The maximum atomic E-state index is 10.4. The van der Waals surface area contributed by atoms with Gasteiger partial charge >= 0.3 is 0 Å². The molecule has 1 heterocycles. The molecule has 1 aromatic carbocycles. The second kappa shape index (κ2) is 5.47. The van der Waals surface area contributed by atoms with Gasteiger partial charge in [-0.15, -0.1) is 0 Å². The molecule has 3 nitrogen and oxygen atoms in total. The minimum absolute atomic E-state index is 0.567. The zero-order chi connectivity index (χ0) is 13.2. The Balaban J connectivity index is 2.19. The summed E-state index contributed by atoms with van der Waals surface area (Å²) >= 11 is 6.11. The van der Waals surface area contributed by atoms with Gasteiger partial charge in [0.2, 0.25) is 0 Å². The molecule has 0 saturated carbocycles. The van der Waals surface area contributed by atoms with Crippen molar-refractivity contribution in [1.82, 2.24) is 5.32 Å². The SMILES string of the molecule is CNCCC(C)(O)Cc1cc(Cl)cc2c1OCC2. The molecule has 1 aromatic rings. The summed E-state index contributed by atoms with van der Waals surface area (Å²) in [5.74, 6) is 0.920. The summed E-state index contributed by atoms with van der Waals surface area (Å²) in [5, 5.41) is 14.2. The lowest BCUT2D eigenvalue weighted by Gasteiger charge is -2.24. The molecule has 1 aliphatic rings. The zero-order valence-electron chi connectivity index (χ0n) is 10.9. The molecule has 2 N–H and O–H groups in total. The Morgan fingerprint density at radius 3 is 3.00 bits per heavy atom. The van der Waals surface area contributed by atoms with Crippen LogP contribution in [0.3, 0.4) is 0 Å². The lowest BCUT2D eigenvalue weighted by molar-refractivity contribution is 0.0514. The van der Waals surface area contributed by atoms with Gasteiger partial charge in [-0.25, -0.2) is 0 Å². The van der Waals surface area contributed by atoms with Crippen LogP contribution in [-0.2, 0) is 12.8 Å². The van der Waals surface area contributed by atoms with E-state index in [4.69, 9.17) is 16.3 Å². The first-order valence-electron chi connectivity index (χ1n) is 6.33. The minimum atomic E-state index is -0.743. The molecule has 0 saturated heterocycles. The van der Waals surface area contributed by atoms with Crippen LogP contribution in [0.1, 0.15) is 24.5 Å². The molecule has 0 bridgehead atoms. The van der Waals surface area contributed by atoms with Gasteiger partial charge in [0.25, 0.3) is 0 Å². The number of halogens is 1. The van der Waals surface area contributed by atoms with Crippen LogP contribution in [0.5, 0.6) is 5.75 Å². The molecule has 2 rings (SSSR count). The summed E-state index contributed by atoms with van der Waals surface area (Å²) in [6, 6.07) is 3.86. The molecule has 1 unspecified atom stereocenters. The maximum Gasteiger partial charge on any atom is 0.126 e. The second-order valence-electron chi connectivity index (χ2n) is 5.18. The number of fused-ring (bicyclic) bond motifs is 1. The number of hydrogen-bond acceptors (Lipinski definition) is 3. The van der Waals surface area contributed by atoms with Crippen LogP contribution in [-0.4, -0.2) is 30.9 Å². The van der Waals surface area contributed by atoms with Crippen LogP contribution < -0.4 is 10.1 Å². The molecule has 100 valence electrons. The van der Waals surface area contributed by atoms with Crippen molar-refractivity contribution in [2.24, 2.45) is 0 Å². The van der Waals surface area contributed by atoms with Gasteiger partial charge < -0.3 is 15.2 Å². The molecule has 1 aliphatic heterocycles. The molecule has 1 atom stereocenters. The lowest BCUT2D eigenvalue weighted by atomic mass is 9.91. The van der Waals surface area contributed by atoms with Crippen molar-refractivity contribution in [2.45, 2.75) is 31.8 Å². The van der Waals surface area contributed by atoms with Gasteiger partial charge in [0.05, 0.1) is 12.2 Å². The second-order valence-corrected chi connectivity index (χ2v) is 5.62. The van der Waals surface area contributed by atoms with E-state index in [9.17, 15) is 5.11 Å². The number of rotatable bonds is 5. The van der Waals surface area contributed by atoms with Crippen molar-refractivity contribution in [2.75, 3.05) is 20.2 Å². The highest BCUT2D eigenvalue weighted by Crippen LogP contribution is 2.35. The van der Waals surface area contributed by atoms with E-state index in [1.54, 1.807) is 0 Å². The third-order valence-electron chi connectivity index (χ3n) is 3.31. The minimum Gasteiger partial charge on any atom is -0.493 e. The molecule has 0 fully saturated rings. The number of nitrogens with one attached hydrogen (secondary N) is 1. The molecule has 0 spiro atoms. The highest BCUT2D eigenvalue weighted by atomic mass is 35.5. The summed E-state index contributed by atoms with van der Waals surface area (Å²) in [6.07, 6.45) is 2.17. The Labute approximate surface area is 113 Å². The summed E-state index contributed by atoms with van der Waals surface area (Å²) in [6.45, 7) is 3.35. The van der Waals surface area contributed by atoms with E-state index in [-0.39, 0.29) is 0 Å². The zero-order valence-corrected chi connectivity index (χ0v) is 11.7. The number of aliphatic hydroxyl groups is 1. The molecular weight excluding hydrogens is 250 g/mol. The fraction of sp³-hybridized carbons (Fsp3) is 0.571. The van der Waals surface area contributed by atoms with Crippen molar-refractivity contribution in [3.8, 4) is 5.75 Å². The highest BCUT2D eigenvalue weighted by molar-refractivity contribution is 6.30. The predicted molar refractivity (Wildman–Crippen MR) is 73.5 cm³/mol. The molecule has 0 amide bonds. The van der Waals surface area contributed by atoms with Crippen molar-refractivity contribution in [1.29, 1.82) is 0 Å². The van der Waals surface area contributed by atoms with E-state index in [0.717, 1.165) is 34.9 Å². The normalized spacial score (nSPS) is 17.1. The molecule has 4 heteroatoms. The third kappa shape index (κ3) is 3.16. The summed E-state index contributed by atoms with van der Waals surface area (Å²) in [4.78, 5) is 0. The molecule has 0 aliphatic carbocycles. The summed E-state index contributed by atoms with van der Waals surface area (Å²) < 4.78 is 5.65. The van der Waals surface area contributed by atoms with Crippen LogP contribution in [0.2, 0.25) is 5.02 Å². The quantitative estimate of drug-likeness (QED) is 0.861. The summed E-state index contributed by atoms with van der Waals surface area (Å²) in [5.41, 5.74) is 1.42. The maximum absolute atomic E-state index is 10.4. The lowest BCUT2D eigenvalue weighted by Crippen LogP contribution is -2.31. The van der Waals surface area contributed by atoms with Crippen molar-refractivity contribution in [3.63, 3.8) is 0 Å². The fourth-order valence-corrected chi connectivity index (χ4v) is 2.63. The third-order valence-corrected chi connectivity index (χ3v) is 3.53. The largest absolute Gasteiger partial charge is 0.493 e. The summed E-state index contributed by atoms with van der Waals surface area (Å²) in [7, 11) is 1.89. The van der Waals surface area contributed by atoms with Crippen LogP contribution in [0.4, 0.5) is 0 Å². The average Bonchev–Trinajstić information content (AvgIpc) is 2.74. The first-order valence-corrected chi connectivity index (χ1v) is 6.71. The van der Waals surface area contributed by atoms with Crippen LogP contribution in [0.15, 0.2) is 12.1 Å². The van der Waals surface area contributed by atoms with Crippen molar-refractivity contribution in [3.05, 3.63) is 28.3 Å². The first-order chi connectivity index (χ1) is 8.52. The van der Waals surface area contributed by atoms with E-state index in [1.165, 1.54) is 0 Å². The standard InChI is InChI=1S/C14H20ClNO2/c1-14(17,4-5-16-2)9-11-8-12(15)7-10-3-6-18-13(10)11/h7-8,16-17H,3-6,9H2,1-2H3. The molecule has 0 radical (unpaired) electrons. The Morgan fingerprint density at radius 1 is 1.50 bits per heavy atom. The smallest absolute Gasteiger partial charge is 0.126 e. The van der Waals surface area contributed by atoms with E-state index in [1.807, 2.05) is 26.1 Å². The van der Waals surface area contributed by atoms with E-state index < -0.39 is 5.60 Å². The van der Waals surface area contributed by atoms with Crippen molar-refractivity contribution < 1.29 is 9.84 Å². The Kier molecular flexibility index (Phi) is 4.15. The van der Waals surface area contributed by atoms with Gasteiger partial charge in [-0.2, -0.15) is 0 Å². The number of benzene rings is 1. The van der Waals surface area contributed by atoms with Crippen LogP contribution in [0, 0.1) is 0 Å². The first kappa shape index (κ1) is 13.7. The van der Waals surface area contributed by atoms with Crippen molar-refractivity contribution >= 4 is 11.6 Å². The Hall–Kier alpha value is -0.770. The van der Waals surface area contributed by atoms with Gasteiger partial charge in [-0.3, -0.25) is 0 Å². The molecular formula is C14H20ClNO2. The topological polar surface area (TPSA) is 41.5 Å². The van der Waals surface area contributed by atoms with Gasteiger partial charge in [0.15, 0.2) is 0 Å². The highest BCUT2D eigenvalue weighted by Gasteiger charge is 2.25. The van der Waals surface area contributed by atoms with Crippen LogP contribution >= 0.6 is 11.6 Å². The average molecular weight is 270 g/mol. The van der Waals surface area contributed by atoms with E-state index in [2.05, 4.69) is 5.32 Å². The van der Waals surface area contributed by atoms with Gasteiger partial charge in [-0.1, -0.05) is 11.6 Å². The fourth-order valence-electron chi connectivity index (χ4n) is 2.37. The number of ether oxygens (including phenoxy) is 1. The van der Waals surface area contributed by atoms with E-state index >= 15 is 0 Å². The Morgan fingerprint density at radius 2 is 2.28 bits per heavy atom. The van der Waals surface area contributed by atoms with Crippen LogP contribution in [0.25, 0.3) is 0 Å². The van der Waals surface area contributed by atoms with Gasteiger partial charge in [-0.05, 0) is 50.2 Å². The number of hydrogen-bond donors (Lipinski definition) is 2. The molecule has 0 aromatic heterocycles. The van der Waals surface area contributed by atoms with Gasteiger partial charge in [0, 0.05) is 17.9 Å². The molecule has 18 heavy (non-hydrogen) atoms. The van der Waals surface area contributed by atoms with E-state index in [0.29, 0.717) is 19.4 Å².